The second-order valence-electron chi connectivity index (χ2n) is 4.86. The van der Waals surface area contributed by atoms with E-state index >= 15 is 0 Å². The van der Waals surface area contributed by atoms with Gasteiger partial charge in [-0.2, -0.15) is 13.2 Å². The lowest BCUT2D eigenvalue weighted by molar-refractivity contribution is -0.184. The number of amides is 1. The molecule has 1 aromatic carbocycles. The number of alkyl halides is 3. The standard InChI is InChI=1S/C13H14ClF3N2O/c14-9-3-4-10(11(18)6-9)12(20)19-5-1-2-8(7-19)13(15,16)17/h3-4,6,8H,1-2,5,7,18H2. The third-order valence-corrected chi connectivity index (χ3v) is 3.65. The minimum absolute atomic E-state index is 0.0589. The number of halogens is 4. The summed E-state index contributed by atoms with van der Waals surface area (Å²) in [7, 11) is 0. The van der Waals surface area contributed by atoms with Gasteiger partial charge in [0.1, 0.15) is 0 Å². The van der Waals surface area contributed by atoms with Crippen LogP contribution in [-0.4, -0.2) is 30.1 Å². The molecular weight excluding hydrogens is 293 g/mol. The van der Waals surface area contributed by atoms with Crippen molar-refractivity contribution in [2.24, 2.45) is 5.92 Å². The van der Waals surface area contributed by atoms with Crippen molar-refractivity contribution < 1.29 is 18.0 Å². The van der Waals surface area contributed by atoms with Gasteiger partial charge in [-0.15, -0.1) is 0 Å². The summed E-state index contributed by atoms with van der Waals surface area (Å²) < 4.78 is 38.2. The minimum atomic E-state index is -4.27. The van der Waals surface area contributed by atoms with Crippen LogP contribution < -0.4 is 5.73 Å². The van der Waals surface area contributed by atoms with E-state index in [1.807, 2.05) is 0 Å². The maximum atomic E-state index is 12.7. The van der Waals surface area contributed by atoms with Crippen LogP contribution in [-0.2, 0) is 0 Å². The Bertz CT molecular complexity index is 519. The van der Waals surface area contributed by atoms with Gasteiger partial charge in [0.15, 0.2) is 0 Å². The second-order valence-corrected chi connectivity index (χ2v) is 5.30. The zero-order valence-corrected chi connectivity index (χ0v) is 11.3. The van der Waals surface area contributed by atoms with Crippen molar-refractivity contribution in [3.05, 3.63) is 28.8 Å². The number of likely N-dealkylation sites (tertiary alicyclic amines) is 1. The summed E-state index contributed by atoms with van der Waals surface area (Å²) in [4.78, 5) is 13.4. The van der Waals surface area contributed by atoms with Gasteiger partial charge >= 0.3 is 6.18 Å². The predicted molar refractivity (Wildman–Crippen MR) is 70.5 cm³/mol. The fourth-order valence-electron chi connectivity index (χ4n) is 2.33. The maximum absolute atomic E-state index is 12.7. The lowest BCUT2D eigenvalue weighted by Crippen LogP contribution is -2.44. The summed E-state index contributed by atoms with van der Waals surface area (Å²) >= 11 is 5.74. The Kier molecular flexibility index (Phi) is 4.13. The fourth-order valence-corrected chi connectivity index (χ4v) is 2.51. The number of piperidine rings is 1. The molecule has 2 N–H and O–H groups in total. The monoisotopic (exact) mass is 306 g/mol. The van der Waals surface area contributed by atoms with Crippen molar-refractivity contribution in [1.82, 2.24) is 4.90 Å². The SMILES string of the molecule is Nc1cc(Cl)ccc1C(=O)N1CCCC(C(F)(F)F)C1. The van der Waals surface area contributed by atoms with Crippen LogP contribution in [0.2, 0.25) is 5.02 Å². The van der Waals surface area contributed by atoms with Gasteiger partial charge in [0.2, 0.25) is 0 Å². The van der Waals surface area contributed by atoms with Crippen LogP contribution in [0.25, 0.3) is 0 Å². The van der Waals surface area contributed by atoms with E-state index in [4.69, 9.17) is 17.3 Å². The van der Waals surface area contributed by atoms with Crippen molar-refractivity contribution >= 4 is 23.2 Å². The molecule has 1 aliphatic heterocycles. The third kappa shape index (κ3) is 3.17. The molecule has 0 bridgehead atoms. The smallest absolute Gasteiger partial charge is 0.393 e. The van der Waals surface area contributed by atoms with Gasteiger partial charge in [0.25, 0.3) is 5.91 Å². The van der Waals surface area contributed by atoms with Crippen molar-refractivity contribution in [2.45, 2.75) is 19.0 Å². The number of hydrogen-bond donors (Lipinski definition) is 1. The average molecular weight is 307 g/mol. The summed E-state index contributed by atoms with van der Waals surface area (Å²) in [5, 5.41) is 0.380. The number of benzene rings is 1. The molecule has 1 heterocycles. The van der Waals surface area contributed by atoms with Crippen LogP contribution in [0, 0.1) is 5.92 Å². The number of nitrogens with two attached hydrogens (primary N) is 1. The van der Waals surface area contributed by atoms with E-state index < -0.39 is 18.0 Å². The Balaban J connectivity index is 2.16. The summed E-state index contributed by atoms with van der Waals surface area (Å²) in [5.41, 5.74) is 6.06. The third-order valence-electron chi connectivity index (χ3n) is 3.42. The molecule has 20 heavy (non-hydrogen) atoms. The highest BCUT2D eigenvalue weighted by Gasteiger charge is 2.42. The summed E-state index contributed by atoms with van der Waals surface area (Å²) in [6.07, 6.45) is -3.88. The number of nitrogens with zero attached hydrogens (tertiary/aromatic N) is 1. The van der Waals surface area contributed by atoms with Crippen LogP contribution in [0.3, 0.4) is 0 Å². The molecule has 0 saturated carbocycles. The van der Waals surface area contributed by atoms with E-state index in [1.165, 1.54) is 23.1 Å². The molecule has 7 heteroatoms. The quantitative estimate of drug-likeness (QED) is 0.809. The van der Waals surface area contributed by atoms with Crippen LogP contribution in [0.1, 0.15) is 23.2 Å². The van der Waals surface area contributed by atoms with Crippen molar-refractivity contribution in [2.75, 3.05) is 18.8 Å². The molecule has 1 amide bonds. The second kappa shape index (κ2) is 5.52. The number of carbonyl (C=O) groups is 1. The molecule has 1 fully saturated rings. The van der Waals surface area contributed by atoms with E-state index in [1.54, 1.807) is 0 Å². The molecule has 0 spiro atoms. The fraction of sp³-hybridized carbons (Fsp3) is 0.462. The first-order valence-electron chi connectivity index (χ1n) is 6.20. The van der Waals surface area contributed by atoms with Gasteiger partial charge in [-0.1, -0.05) is 11.6 Å². The van der Waals surface area contributed by atoms with Gasteiger partial charge in [-0.05, 0) is 31.0 Å². The number of carbonyl (C=O) groups excluding carboxylic acids is 1. The molecule has 1 saturated heterocycles. The first-order valence-corrected chi connectivity index (χ1v) is 6.58. The van der Waals surface area contributed by atoms with E-state index in [0.29, 0.717) is 18.0 Å². The summed E-state index contributed by atoms with van der Waals surface area (Å²) in [6.45, 7) is -0.00210. The molecule has 2 rings (SSSR count). The van der Waals surface area contributed by atoms with Crippen LogP contribution >= 0.6 is 11.6 Å². The average Bonchev–Trinajstić information content (AvgIpc) is 2.37. The molecule has 0 aromatic heterocycles. The normalized spacial score (nSPS) is 20.0. The molecule has 1 unspecified atom stereocenters. The van der Waals surface area contributed by atoms with Crippen molar-refractivity contribution in [3.8, 4) is 0 Å². The van der Waals surface area contributed by atoms with Gasteiger partial charge in [0, 0.05) is 23.8 Å². The minimum Gasteiger partial charge on any atom is -0.398 e. The zero-order valence-electron chi connectivity index (χ0n) is 10.6. The Morgan fingerprint density at radius 1 is 1.40 bits per heavy atom. The first-order chi connectivity index (χ1) is 9.29. The molecule has 3 nitrogen and oxygen atoms in total. The number of hydrogen-bond acceptors (Lipinski definition) is 2. The van der Waals surface area contributed by atoms with Crippen molar-refractivity contribution in [1.29, 1.82) is 0 Å². The predicted octanol–water partition coefficient (Wildman–Crippen LogP) is 3.34. The Labute approximate surface area is 119 Å². The topological polar surface area (TPSA) is 46.3 Å². The number of anilines is 1. The molecule has 1 atom stereocenters. The molecular formula is C13H14ClF3N2O. The zero-order chi connectivity index (χ0) is 14.9. The highest BCUT2D eigenvalue weighted by molar-refractivity contribution is 6.31. The number of rotatable bonds is 1. The van der Waals surface area contributed by atoms with Crippen LogP contribution in [0.4, 0.5) is 18.9 Å². The lowest BCUT2D eigenvalue weighted by atomic mass is 9.96. The molecule has 1 aliphatic rings. The number of nitrogen functional groups attached to an aromatic ring is 1. The Hall–Kier alpha value is -1.43. The largest absolute Gasteiger partial charge is 0.398 e. The maximum Gasteiger partial charge on any atom is 0.393 e. The molecule has 0 radical (unpaired) electrons. The molecule has 110 valence electrons. The van der Waals surface area contributed by atoms with Gasteiger partial charge in [0.05, 0.1) is 11.5 Å². The van der Waals surface area contributed by atoms with Gasteiger partial charge in [-0.3, -0.25) is 4.79 Å². The van der Waals surface area contributed by atoms with E-state index in [2.05, 4.69) is 0 Å². The Morgan fingerprint density at radius 3 is 2.70 bits per heavy atom. The van der Waals surface area contributed by atoms with Crippen molar-refractivity contribution in [3.63, 3.8) is 0 Å². The van der Waals surface area contributed by atoms with Crippen LogP contribution in [0.15, 0.2) is 18.2 Å². The lowest BCUT2D eigenvalue weighted by Gasteiger charge is -2.34. The van der Waals surface area contributed by atoms with Gasteiger partial charge < -0.3 is 10.6 Å². The summed E-state index contributed by atoms with van der Waals surface area (Å²) in [5.74, 6) is -1.94. The Morgan fingerprint density at radius 2 is 2.10 bits per heavy atom. The highest BCUT2D eigenvalue weighted by atomic mass is 35.5. The van der Waals surface area contributed by atoms with Gasteiger partial charge in [-0.25, -0.2) is 0 Å². The van der Waals surface area contributed by atoms with E-state index in [9.17, 15) is 18.0 Å². The highest BCUT2D eigenvalue weighted by Crippen LogP contribution is 2.34. The van der Waals surface area contributed by atoms with E-state index in [-0.39, 0.29) is 24.2 Å². The van der Waals surface area contributed by atoms with Crippen LogP contribution in [0.5, 0.6) is 0 Å². The van der Waals surface area contributed by atoms with E-state index in [0.717, 1.165) is 0 Å². The molecule has 0 aliphatic carbocycles. The summed E-state index contributed by atoms with van der Waals surface area (Å²) in [6, 6.07) is 4.35. The molecule has 1 aromatic rings. The first kappa shape index (κ1) is 15.0.